The summed E-state index contributed by atoms with van der Waals surface area (Å²) in [6, 6.07) is 6.56. The summed E-state index contributed by atoms with van der Waals surface area (Å²) in [5, 5.41) is 0. The van der Waals surface area contributed by atoms with E-state index in [1.54, 1.807) is 41.6 Å². The van der Waals surface area contributed by atoms with E-state index in [0.29, 0.717) is 31.1 Å². The van der Waals surface area contributed by atoms with Crippen LogP contribution in [0.5, 0.6) is 0 Å². The van der Waals surface area contributed by atoms with Crippen molar-refractivity contribution in [2.24, 2.45) is 0 Å². The van der Waals surface area contributed by atoms with E-state index in [9.17, 15) is 13.2 Å². The number of hydrogen-bond donors (Lipinski definition) is 0. The Morgan fingerprint density at radius 3 is 2.26 bits per heavy atom. The van der Waals surface area contributed by atoms with Crippen molar-refractivity contribution in [3.05, 3.63) is 42.4 Å². The third-order valence-electron chi connectivity index (χ3n) is 4.84. The van der Waals surface area contributed by atoms with Gasteiger partial charge in [0.25, 0.3) is 0 Å². The fourth-order valence-electron chi connectivity index (χ4n) is 3.19. The summed E-state index contributed by atoms with van der Waals surface area (Å²) in [7, 11) is -3.22. The second kappa shape index (κ2) is 9.32. The van der Waals surface area contributed by atoms with Crippen LogP contribution >= 0.6 is 0 Å². The number of benzene rings is 1. The van der Waals surface area contributed by atoms with Crippen LogP contribution in [0.3, 0.4) is 0 Å². The number of likely N-dealkylation sites (tertiary alicyclic amines) is 1. The van der Waals surface area contributed by atoms with Gasteiger partial charge < -0.3 is 14.4 Å². The second-order valence-electron chi connectivity index (χ2n) is 8.67. The molecule has 1 saturated heterocycles. The molecule has 8 nitrogen and oxygen atoms in total. The zero-order chi connectivity index (χ0) is 22.6. The maximum atomic E-state index is 12.1. The van der Waals surface area contributed by atoms with E-state index in [-0.39, 0.29) is 17.1 Å². The van der Waals surface area contributed by atoms with Crippen LogP contribution in [0.25, 0.3) is 11.3 Å². The predicted octanol–water partition coefficient (Wildman–Crippen LogP) is 3.46. The predicted molar refractivity (Wildman–Crippen MR) is 116 cm³/mol. The summed E-state index contributed by atoms with van der Waals surface area (Å²) in [6.45, 7) is 7.13. The standard InChI is InChI=1S/C22H29N3O5S/c1-22(2,3)30-21(26)25-11-9-18(10-12-25)29-15-17-13-24-20(14-23-17)16-5-7-19(8-6-16)31(4,27)28/h5-8,13-14,18H,9-12,15H2,1-4H3. The molecule has 9 heteroatoms. The van der Waals surface area contributed by atoms with Crippen molar-refractivity contribution in [3.8, 4) is 11.3 Å². The van der Waals surface area contributed by atoms with Crippen molar-refractivity contribution >= 4 is 15.9 Å². The van der Waals surface area contributed by atoms with Gasteiger partial charge >= 0.3 is 6.09 Å². The SMILES string of the molecule is CC(C)(C)OC(=O)N1CCC(OCc2cnc(-c3ccc(S(C)(=O)=O)cc3)cn2)CC1. The zero-order valence-electron chi connectivity index (χ0n) is 18.4. The second-order valence-corrected chi connectivity index (χ2v) is 10.7. The van der Waals surface area contributed by atoms with Crippen LogP contribution in [0.15, 0.2) is 41.6 Å². The molecule has 0 radical (unpaired) electrons. The lowest BCUT2D eigenvalue weighted by Crippen LogP contribution is -2.43. The molecule has 1 fully saturated rings. The van der Waals surface area contributed by atoms with Gasteiger partial charge in [-0.2, -0.15) is 0 Å². The highest BCUT2D eigenvalue weighted by atomic mass is 32.2. The number of nitrogens with zero attached hydrogens (tertiary/aromatic N) is 3. The highest BCUT2D eigenvalue weighted by molar-refractivity contribution is 7.90. The van der Waals surface area contributed by atoms with Crippen LogP contribution < -0.4 is 0 Å². The minimum Gasteiger partial charge on any atom is -0.444 e. The summed E-state index contributed by atoms with van der Waals surface area (Å²) in [5.41, 5.74) is 1.67. The molecule has 168 valence electrons. The molecular weight excluding hydrogens is 418 g/mol. The number of aromatic nitrogens is 2. The van der Waals surface area contributed by atoms with E-state index in [1.807, 2.05) is 20.8 Å². The smallest absolute Gasteiger partial charge is 0.410 e. The molecule has 2 heterocycles. The number of amides is 1. The number of carbonyl (C=O) groups is 1. The largest absolute Gasteiger partial charge is 0.444 e. The fourth-order valence-corrected chi connectivity index (χ4v) is 3.82. The number of piperidine rings is 1. The van der Waals surface area contributed by atoms with E-state index in [2.05, 4.69) is 9.97 Å². The van der Waals surface area contributed by atoms with Crippen molar-refractivity contribution in [3.63, 3.8) is 0 Å². The molecule has 0 spiro atoms. The molecule has 0 saturated carbocycles. The Morgan fingerprint density at radius 2 is 1.74 bits per heavy atom. The maximum Gasteiger partial charge on any atom is 0.410 e. The molecule has 2 aromatic rings. The number of hydrogen-bond acceptors (Lipinski definition) is 7. The average molecular weight is 448 g/mol. The quantitative estimate of drug-likeness (QED) is 0.692. The summed E-state index contributed by atoms with van der Waals surface area (Å²) in [4.78, 5) is 22.9. The van der Waals surface area contributed by atoms with Crippen LogP contribution in [-0.4, -0.2) is 60.4 Å². The number of sulfone groups is 1. The minimum atomic E-state index is -3.22. The van der Waals surface area contributed by atoms with Gasteiger partial charge in [0.2, 0.25) is 0 Å². The number of ether oxygens (including phenoxy) is 2. The monoisotopic (exact) mass is 447 g/mol. The lowest BCUT2D eigenvalue weighted by atomic mass is 10.1. The van der Waals surface area contributed by atoms with Crippen LogP contribution in [0, 0.1) is 0 Å². The van der Waals surface area contributed by atoms with E-state index >= 15 is 0 Å². The van der Waals surface area contributed by atoms with Crippen molar-refractivity contribution < 1.29 is 22.7 Å². The first-order valence-corrected chi connectivity index (χ1v) is 12.1. The highest BCUT2D eigenvalue weighted by Gasteiger charge is 2.27. The normalized spacial score (nSPS) is 15.7. The number of carbonyl (C=O) groups excluding carboxylic acids is 1. The van der Waals surface area contributed by atoms with Gasteiger partial charge in [-0.1, -0.05) is 12.1 Å². The lowest BCUT2D eigenvalue weighted by molar-refractivity contribution is -0.0178. The van der Waals surface area contributed by atoms with E-state index in [4.69, 9.17) is 9.47 Å². The summed E-state index contributed by atoms with van der Waals surface area (Å²) >= 11 is 0. The molecule has 1 aliphatic rings. The van der Waals surface area contributed by atoms with Crippen LogP contribution in [-0.2, 0) is 25.9 Å². The first-order chi connectivity index (χ1) is 14.5. The van der Waals surface area contributed by atoms with Crippen LogP contribution in [0.2, 0.25) is 0 Å². The van der Waals surface area contributed by atoms with Crippen LogP contribution in [0.4, 0.5) is 4.79 Å². The third-order valence-corrected chi connectivity index (χ3v) is 5.97. The Balaban J connectivity index is 1.48. The molecular formula is C22H29N3O5S. The van der Waals surface area contributed by atoms with E-state index < -0.39 is 15.4 Å². The van der Waals surface area contributed by atoms with Gasteiger partial charge in [-0.3, -0.25) is 9.97 Å². The molecule has 0 N–H and O–H groups in total. The van der Waals surface area contributed by atoms with Crippen molar-refractivity contribution in [2.45, 2.75) is 56.8 Å². The summed E-state index contributed by atoms with van der Waals surface area (Å²) in [5.74, 6) is 0. The van der Waals surface area contributed by atoms with Gasteiger partial charge in [0, 0.05) is 24.9 Å². The molecule has 1 amide bonds. The maximum absolute atomic E-state index is 12.1. The van der Waals surface area contributed by atoms with Gasteiger partial charge in [0.15, 0.2) is 9.84 Å². The van der Waals surface area contributed by atoms with Gasteiger partial charge in [-0.05, 0) is 45.7 Å². The molecule has 3 rings (SSSR count). The van der Waals surface area contributed by atoms with Crippen molar-refractivity contribution in [2.75, 3.05) is 19.3 Å². The molecule has 0 aliphatic carbocycles. The summed E-state index contributed by atoms with van der Waals surface area (Å²) < 4.78 is 34.5. The van der Waals surface area contributed by atoms with Gasteiger partial charge in [0.1, 0.15) is 5.60 Å². The average Bonchev–Trinajstić information content (AvgIpc) is 2.71. The fraction of sp³-hybridized carbons (Fsp3) is 0.500. The van der Waals surface area contributed by atoms with Crippen molar-refractivity contribution in [1.29, 1.82) is 0 Å². The molecule has 0 atom stereocenters. The van der Waals surface area contributed by atoms with Crippen LogP contribution in [0.1, 0.15) is 39.3 Å². The zero-order valence-corrected chi connectivity index (χ0v) is 19.2. The van der Waals surface area contributed by atoms with E-state index in [1.165, 1.54) is 6.26 Å². The molecule has 1 aliphatic heterocycles. The Morgan fingerprint density at radius 1 is 1.10 bits per heavy atom. The molecule has 1 aromatic carbocycles. The van der Waals surface area contributed by atoms with Gasteiger partial charge in [-0.25, -0.2) is 13.2 Å². The Bertz CT molecular complexity index is 991. The molecule has 0 unspecified atom stereocenters. The Labute approximate surface area is 183 Å². The molecule has 0 bridgehead atoms. The first-order valence-electron chi connectivity index (χ1n) is 10.2. The number of rotatable bonds is 5. The lowest BCUT2D eigenvalue weighted by Gasteiger charge is -2.33. The first kappa shape index (κ1) is 23.1. The molecule has 1 aromatic heterocycles. The van der Waals surface area contributed by atoms with Gasteiger partial charge in [0.05, 0.1) is 41.4 Å². The van der Waals surface area contributed by atoms with E-state index in [0.717, 1.165) is 18.4 Å². The highest BCUT2D eigenvalue weighted by Crippen LogP contribution is 2.20. The topological polar surface area (TPSA) is 98.7 Å². The summed E-state index contributed by atoms with van der Waals surface area (Å²) in [6.07, 6.45) is 5.77. The van der Waals surface area contributed by atoms with Gasteiger partial charge in [-0.15, -0.1) is 0 Å². The minimum absolute atomic E-state index is 0.0590. The van der Waals surface area contributed by atoms with Crippen molar-refractivity contribution in [1.82, 2.24) is 14.9 Å². The molecule has 31 heavy (non-hydrogen) atoms. The third kappa shape index (κ3) is 6.73. The Kier molecular flexibility index (Phi) is 6.96. The Hall–Kier alpha value is -2.52.